The number of aromatic nitrogens is 3. The third-order valence-corrected chi connectivity index (χ3v) is 4.47. The van der Waals surface area contributed by atoms with Gasteiger partial charge in [-0.15, -0.1) is 0 Å². The lowest BCUT2D eigenvalue weighted by Gasteiger charge is -2.26. The maximum absolute atomic E-state index is 9.36. The number of ether oxygens (including phenoxy) is 2. The monoisotopic (exact) mass is 349 g/mol. The van der Waals surface area contributed by atoms with Gasteiger partial charge >= 0.3 is 0 Å². The van der Waals surface area contributed by atoms with E-state index in [0.717, 1.165) is 17.1 Å². The van der Waals surface area contributed by atoms with Gasteiger partial charge in [0.05, 0.1) is 17.0 Å². The number of aromatic amines is 1. The van der Waals surface area contributed by atoms with Crippen molar-refractivity contribution in [1.82, 2.24) is 15.0 Å². The number of hydrogen-bond acceptors (Lipinski definition) is 6. The van der Waals surface area contributed by atoms with E-state index in [1.54, 1.807) is 6.20 Å². The molecule has 0 amide bonds. The smallest absolute Gasteiger partial charge is 0.161 e. The molecule has 3 aromatic rings. The van der Waals surface area contributed by atoms with Crippen molar-refractivity contribution < 1.29 is 9.47 Å². The van der Waals surface area contributed by atoms with Gasteiger partial charge in [-0.05, 0) is 23.6 Å². The molecule has 0 unspecified atom stereocenters. The molecule has 0 fully saturated rings. The van der Waals surface area contributed by atoms with Gasteiger partial charge in [-0.1, -0.05) is 19.9 Å². The van der Waals surface area contributed by atoms with E-state index in [4.69, 9.17) is 9.47 Å². The van der Waals surface area contributed by atoms with Crippen LogP contribution in [0.4, 0.5) is 5.82 Å². The maximum Gasteiger partial charge on any atom is 0.161 e. The molecule has 1 aromatic carbocycles. The molecule has 1 aliphatic rings. The lowest BCUT2D eigenvalue weighted by Crippen LogP contribution is -2.19. The van der Waals surface area contributed by atoms with Gasteiger partial charge in [-0.3, -0.25) is 0 Å². The van der Waals surface area contributed by atoms with E-state index in [9.17, 15) is 5.26 Å². The molecule has 0 saturated heterocycles. The fraction of sp³-hybridized carbons (Fsp3) is 0.316. The van der Waals surface area contributed by atoms with Crippen LogP contribution in [0, 0.1) is 17.2 Å². The predicted molar refractivity (Wildman–Crippen MR) is 97.2 cm³/mol. The fourth-order valence-corrected chi connectivity index (χ4v) is 3.20. The molecule has 0 aliphatic carbocycles. The van der Waals surface area contributed by atoms with E-state index in [0.29, 0.717) is 35.6 Å². The van der Waals surface area contributed by atoms with E-state index in [2.05, 4.69) is 40.2 Å². The summed E-state index contributed by atoms with van der Waals surface area (Å²) in [5.41, 5.74) is 2.24. The fourth-order valence-electron chi connectivity index (χ4n) is 3.20. The first-order chi connectivity index (χ1) is 12.7. The van der Waals surface area contributed by atoms with Crippen LogP contribution >= 0.6 is 0 Å². The summed E-state index contributed by atoms with van der Waals surface area (Å²) in [6.07, 6.45) is 3.14. The van der Waals surface area contributed by atoms with E-state index < -0.39 is 0 Å². The molecule has 2 aromatic heterocycles. The number of benzene rings is 1. The number of anilines is 1. The number of fused-ring (bicyclic) bond motifs is 2. The van der Waals surface area contributed by atoms with Crippen LogP contribution in [0.5, 0.6) is 11.5 Å². The Labute approximate surface area is 151 Å². The molecule has 0 saturated carbocycles. The summed E-state index contributed by atoms with van der Waals surface area (Å²) in [6, 6.07) is 8.16. The summed E-state index contributed by atoms with van der Waals surface area (Å²) in [5.74, 6) is 2.45. The van der Waals surface area contributed by atoms with Crippen LogP contribution in [-0.2, 0) is 0 Å². The van der Waals surface area contributed by atoms with Crippen LogP contribution in [0.1, 0.15) is 31.0 Å². The molecule has 1 aliphatic heterocycles. The van der Waals surface area contributed by atoms with Crippen LogP contribution in [-0.4, -0.2) is 28.2 Å². The minimum Gasteiger partial charge on any atom is -0.486 e. The quantitative estimate of drug-likeness (QED) is 0.749. The zero-order chi connectivity index (χ0) is 18.1. The van der Waals surface area contributed by atoms with Crippen LogP contribution in [0.25, 0.3) is 11.0 Å². The molecule has 0 bridgehead atoms. The number of nitrogens with zero attached hydrogens (tertiary/aromatic N) is 3. The highest BCUT2D eigenvalue weighted by molar-refractivity contribution is 5.92. The van der Waals surface area contributed by atoms with Crippen LogP contribution in [0.3, 0.4) is 0 Å². The Balaban J connectivity index is 1.73. The van der Waals surface area contributed by atoms with E-state index in [-0.39, 0.29) is 12.0 Å². The lowest BCUT2D eigenvalue weighted by atomic mass is 9.95. The second-order valence-corrected chi connectivity index (χ2v) is 6.53. The Kier molecular flexibility index (Phi) is 4.09. The van der Waals surface area contributed by atoms with Gasteiger partial charge in [0.25, 0.3) is 0 Å². The first kappa shape index (κ1) is 16.2. The van der Waals surface area contributed by atoms with Gasteiger partial charge in [0.1, 0.15) is 37.1 Å². The van der Waals surface area contributed by atoms with Crippen LogP contribution < -0.4 is 14.8 Å². The van der Waals surface area contributed by atoms with Crippen molar-refractivity contribution in [3.8, 4) is 17.6 Å². The minimum absolute atomic E-state index is 0.00892. The molecule has 26 heavy (non-hydrogen) atoms. The minimum atomic E-state index is -0.00892. The molecule has 7 heteroatoms. The van der Waals surface area contributed by atoms with Gasteiger partial charge in [0.15, 0.2) is 11.5 Å². The second-order valence-electron chi connectivity index (χ2n) is 6.53. The average Bonchev–Trinajstić information content (AvgIpc) is 3.09. The molecular weight excluding hydrogens is 330 g/mol. The summed E-state index contributed by atoms with van der Waals surface area (Å²) in [5, 5.41) is 13.6. The third-order valence-electron chi connectivity index (χ3n) is 4.47. The SMILES string of the molecule is CC(C)[C@@H](Nc1ncnc2[nH]cc(C#N)c12)c1ccc2c(c1)OCCO2. The third kappa shape index (κ3) is 2.80. The van der Waals surface area contributed by atoms with Crippen LogP contribution in [0.2, 0.25) is 0 Å². The zero-order valence-corrected chi connectivity index (χ0v) is 14.6. The van der Waals surface area contributed by atoms with Gasteiger partial charge in [-0.2, -0.15) is 5.26 Å². The summed E-state index contributed by atoms with van der Waals surface area (Å²) in [7, 11) is 0. The Bertz CT molecular complexity index is 989. The molecule has 0 radical (unpaired) electrons. The first-order valence-corrected chi connectivity index (χ1v) is 8.55. The summed E-state index contributed by atoms with van der Waals surface area (Å²) in [4.78, 5) is 11.6. The molecule has 7 nitrogen and oxygen atoms in total. The molecule has 4 rings (SSSR count). The van der Waals surface area contributed by atoms with Crippen molar-refractivity contribution in [2.75, 3.05) is 18.5 Å². The van der Waals surface area contributed by atoms with Crippen molar-refractivity contribution in [2.45, 2.75) is 19.9 Å². The Hall–Kier alpha value is -3.27. The van der Waals surface area contributed by atoms with Gasteiger partial charge in [0.2, 0.25) is 0 Å². The zero-order valence-electron chi connectivity index (χ0n) is 14.6. The first-order valence-electron chi connectivity index (χ1n) is 8.55. The largest absolute Gasteiger partial charge is 0.486 e. The molecule has 0 spiro atoms. The lowest BCUT2D eigenvalue weighted by molar-refractivity contribution is 0.171. The van der Waals surface area contributed by atoms with E-state index in [1.165, 1.54) is 6.33 Å². The Morgan fingerprint density at radius 1 is 1.19 bits per heavy atom. The predicted octanol–water partition coefficient (Wildman–Crippen LogP) is 3.41. The number of hydrogen-bond donors (Lipinski definition) is 2. The maximum atomic E-state index is 9.36. The molecule has 1 atom stereocenters. The average molecular weight is 349 g/mol. The number of nitrogens with one attached hydrogen (secondary N) is 2. The van der Waals surface area contributed by atoms with E-state index in [1.807, 2.05) is 18.2 Å². The summed E-state index contributed by atoms with van der Waals surface area (Å²) < 4.78 is 11.3. The van der Waals surface area contributed by atoms with Crippen molar-refractivity contribution >= 4 is 16.9 Å². The second kappa shape index (κ2) is 6.56. The Morgan fingerprint density at radius 2 is 2.00 bits per heavy atom. The van der Waals surface area contributed by atoms with Crippen LogP contribution in [0.15, 0.2) is 30.7 Å². The molecular formula is C19H19N5O2. The normalized spacial score (nSPS) is 14.2. The molecule has 2 N–H and O–H groups in total. The number of nitriles is 1. The van der Waals surface area contributed by atoms with Crippen molar-refractivity contribution in [3.05, 3.63) is 41.9 Å². The number of rotatable bonds is 4. The highest BCUT2D eigenvalue weighted by Crippen LogP contribution is 2.36. The Morgan fingerprint density at radius 3 is 2.77 bits per heavy atom. The topological polar surface area (TPSA) is 95.9 Å². The van der Waals surface area contributed by atoms with Gasteiger partial charge in [-0.25, -0.2) is 9.97 Å². The van der Waals surface area contributed by atoms with Crippen molar-refractivity contribution in [3.63, 3.8) is 0 Å². The molecule has 132 valence electrons. The summed E-state index contributed by atoms with van der Waals surface area (Å²) in [6.45, 7) is 5.39. The summed E-state index contributed by atoms with van der Waals surface area (Å²) >= 11 is 0. The van der Waals surface area contributed by atoms with Crippen molar-refractivity contribution in [1.29, 1.82) is 5.26 Å². The number of H-pyrrole nitrogens is 1. The molecule has 3 heterocycles. The van der Waals surface area contributed by atoms with E-state index >= 15 is 0 Å². The van der Waals surface area contributed by atoms with Gasteiger partial charge in [0, 0.05) is 6.20 Å². The highest BCUT2D eigenvalue weighted by Gasteiger charge is 2.22. The van der Waals surface area contributed by atoms with Gasteiger partial charge < -0.3 is 19.8 Å². The van der Waals surface area contributed by atoms with Crippen molar-refractivity contribution in [2.24, 2.45) is 5.92 Å². The standard InChI is InChI=1S/C19H19N5O2/c1-11(2)17(12-3-4-14-15(7-12)26-6-5-25-14)24-19-16-13(8-20)9-21-18(16)22-10-23-19/h3-4,7,9-11,17H,5-6H2,1-2H3,(H2,21,22,23,24)/t17-/m1/s1. The highest BCUT2D eigenvalue weighted by atomic mass is 16.6.